The molecule has 0 heterocycles. The molecule has 0 unspecified atom stereocenters. The number of rotatable bonds is 0. The van der Waals surface area contributed by atoms with Gasteiger partial charge in [-0.1, -0.05) is 25.1 Å². The summed E-state index contributed by atoms with van der Waals surface area (Å²) in [6.07, 6.45) is 1.18. The topological polar surface area (TPSA) is 60.7 Å². The van der Waals surface area contributed by atoms with Crippen LogP contribution in [-0.2, 0) is 6.42 Å². The lowest BCUT2D eigenvalue weighted by Crippen LogP contribution is -2.38. The lowest BCUT2D eigenvalue weighted by atomic mass is 9.65. The number of benzene rings is 2. The van der Waals surface area contributed by atoms with Crippen LogP contribution in [0.2, 0.25) is 0 Å². The van der Waals surface area contributed by atoms with Gasteiger partial charge in [-0.3, -0.25) is 0 Å². The second-order valence-corrected chi connectivity index (χ2v) is 6.85. The van der Waals surface area contributed by atoms with E-state index in [1.807, 2.05) is 12.1 Å². The molecule has 21 heavy (non-hydrogen) atoms. The van der Waals surface area contributed by atoms with Crippen LogP contribution in [0.4, 0.5) is 0 Å². The van der Waals surface area contributed by atoms with Gasteiger partial charge in [-0.2, -0.15) is 0 Å². The number of phenolic OH excluding ortho intramolecular Hbond substituents is 1. The maximum absolute atomic E-state index is 10.3. The Morgan fingerprint density at radius 3 is 2.76 bits per heavy atom. The highest BCUT2D eigenvalue weighted by molar-refractivity contribution is 5.88. The van der Waals surface area contributed by atoms with Crippen molar-refractivity contribution in [2.45, 2.75) is 44.3 Å². The minimum Gasteiger partial charge on any atom is -0.508 e. The molecule has 0 aromatic heterocycles. The van der Waals surface area contributed by atoms with Gasteiger partial charge in [0.2, 0.25) is 0 Å². The quantitative estimate of drug-likeness (QED) is 0.697. The van der Waals surface area contributed by atoms with E-state index in [-0.39, 0.29) is 17.1 Å². The van der Waals surface area contributed by atoms with Gasteiger partial charge < -0.3 is 15.3 Å². The van der Waals surface area contributed by atoms with Crippen LogP contribution in [0.5, 0.6) is 5.75 Å². The molecule has 2 aromatic carbocycles. The summed E-state index contributed by atoms with van der Waals surface area (Å²) in [5.74, 6) is 0.499. The summed E-state index contributed by atoms with van der Waals surface area (Å²) in [6, 6.07) is 9.66. The standard InChI is InChI=1S/C18H20O3/c1-18-7-6-13-12-5-3-11(19)8-10(12)2-4-14(13)15(18)9-16(20)17(18)21/h2-5,8,15-17,19-21H,6-7,9H2,1H3/t15-,16+,17-,18-/m0/s1. The fourth-order valence-corrected chi connectivity index (χ4v) is 4.49. The fourth-order valence-electron chi connectivity index (χ4n) is 4.49. The second-order valence-electron chi connectivity index (χ2n) is 6.85. The van der Waals surface area contributed by atoms with Crippen LogP contribution in [-0.4, -0.2) is 27.5 Å². The summed E-state index contributed by atoms with van der Waals surface area (Å²) in [4.78, 5) is 0. The van der Waals surface area contributed by atoms with Gasteiger partial charge in [0, 0.05) is 5.41 Å². The number of hydrogen-bond acceptors (Lipinski definition) is 3. The largest absolute Gasteiger partial charge is 0.508 e. The molecule has 3 N–H and O–H groups in total. The zero-order valence-electron chi connectivity index (χ0n) is 12.1. The minimum absolute atomic E-state index is 0.212. The SMILES string of the molecule is C[C@]12CCc3c(ccc4cc(O)ccc34)[C@@H]1C[C@@H](O)[C@@H]2O. The van der Waals surface area contributed by atoms with E-state index in [0.717, 1.165) is 18.2 Å². The lowest BCUT2D eigenvalue weighted by Gasteiger charge is -2.40. The van der Waals surface area contributed by atoms with E-state index < -0.39 is 12.2 Å². The molecule has 1 fully saturated rings. The molecule has 110 valence electrons. The molecule has 4 atom stereocenters. The molecule has 2 aromatic rings. The summed E-state index contributed by atoms with van der Waals surface area (Å²) < 4.78 is 0. The van der Waals surface area contributed by atoms with Crippen molar-refractivity contribution >= 4 is 10.8 Å². The number of aryl methyl sites for hydroxylation is 1. The van der Waals surface area contributed by atoms with Crippen LogP contribution in [0, 0.1) is 5.41 Å². The Morgan fingerprint density at radius 1 is 1.14 bits per heavy atom. The highest BCUT2D eigenvalue weighted by Gasteiger charge is 2.53. The number of aliphatic hydroxyl groups is 2. The average molecular weight is 284 g/mol. The Kier molecular flexibility index (Phi) is 2.63. The van der Waals surface area contributed by atoms with Crippen molar-refractivity contribution in [3.63, 3.8) is 0 Å². The smallest absolute Gasteiger partial charge is 0.116 e. The Labute approximate surface area is 123 Å². The van der Waals surface area contributed by atoms with Crippen molar-refractivity contribution in [3.05, 3.63) is 41.5 Å². The van der Waals surface area contributed by atoms with Crippen molar-refractivity contribution in [2.24, 2.45) is 5.41 Å². The molecule has 0 bridgehead atoms. The Morgan fingerprint density at radius 2 is 1.95 bits per heavy atom. The third-order valence-corrected chi connectivity index (χ3v) is 5.75. The van der Waals surface area contributed by atoms with E-state index in [0.29, 0.717) is 6.42 Å². The molecule has 4 rings (SSSR count). The molecule has 3 heteroatoms. The molecule has 0 radical (unpaired) electrons. The van der Waals surface area contributed by atoms with Crippen LogP contribution >= 0.6 is 0 Å². The zero-order valence-corrected chi connectivity index (χ0v) is 12.1. The van der Waals surface area contributed by atoms with E-state index in [1.54, 1.807) is 12.1 Å². The van der Waals surface area contributed by atoms with Crippen LogP contribution in [0.3, 0.4) is 0 Å². The van der Waals surface area contributed by atoms with Gasteiger partial charge in [-0.15, -0.1) is 0 Å². The predicted molar refractivity (Wildman–Crippen MR) is 81.4 cm³/mol. The summed E-state index contributed by atoms with van der Waals surface area (Å²) in [6.45, 7) is 2.10. The molecular weight excluding hydrogens is 264 g/mol. The van der Waals surface area contributed by atoms with Gasteiger partial charge in [0.25, 0.3) is 0 Å². The lowest BCUT2D eigenvalue weighted by molar-refractivity contribution is -0.0216. The van der Waals surface area contributed by atoms with E-state index in [1.165, 1.54) is 16.5 Å². The van der Waals surface area contributed by atoms with E-state index >= 15 is 0 Å². The highest BCUT2D eigenvalue weighted by Crippen LogP contribution is 2.56. The Hall–Kier alpha value is -1.58. The van der Waals surface area contributed by atoms with Gasteiger partial charge in [-0.25, -0.2) is 0 Å². The van der Waals surface area contributed by atoms with Crippen LogP contribution < -0.4 is 0 Å². The van der Waals surface area contributed by atoms with E-state index in [2.05, 4.69) is 13.0 Å². The fraction of sp³-hybridized carbons (Fsp3) is 0.444. The van der Waals surface area contributed by atoms with Gasteiger partial charge in [0.1, 0.15) is 5.75 Å². The normalized spacial score (nSPS) is 34.7. The number of aliphatic hydroxyl groups excluding tert-OH is 2. The number of phenols is 1. The average Bonchev–Trinajstić information content (AvgIpc) is 2.70. The molecule has 2 aliphatic rings. The monoisotopic (exact) mass is 284 g/mol. The molecule has 2 aliphatic carbocycles. The first kappa shape index (κ1) is 13.1. The van der Waals surface area contributed by atoms with Gasteiger partial charge >= 0.3 is 0 Å². The third kappa shape index (κ3) is 1.68. The number of fused-ring (bicyclic) bond motifs is 5. The summed E-state index contributed by atoms with van der Waals surface area (Å²) in [5.41, 5.74) is 2.35. The van der Waals surface area contributed by atoms with Crippen LogP contribution in [0.1, 0.15) is 36.8 Å². The van der Waals surface area contributed by atoms with Crippen molar-refractivity contribution in [3.8, 4) is 5.75 Å². The van der Waals surface area contributed by atoms with Crippen molar-refractivity contribution in [1.29, 1.82) is 0 Å². The molecule has 0 spiro atoms. The molecule has 0 saturated heterocycles. The van der Waals surface area contributed by atoms with Crippen molar-refractivity contribution in [1.82, 2.24) is 0 Å². The van der Waals surface area contributed by atoms with E-state index in [4.69, 9.17) is 0 Å². The van der Waals surface area contributed by atoms with Gasteiger partial charge in [-0.05, 0) is 59.2 Å². The minimum atomic E-state index is -0.633. The second kappa shape index (κ2) is 4.21. The zero-order chi connectivity index (χ0) is 14.8. The van der Waals surface area contributed by atoms with Gasteiger partial charge in [0.15, 0.2) is 0 Å². The van der Waals surface area contributed by atoms with Gasteiger partial charge in [0.05, 0.1) is 12.2 Å². The first-order chi connectivity index (χ1) is 10.0. The number of aromatic hydroxyl groups is 1. The summed E-state index contributed by atoms with van der Waals surface area (Å²) in [7, 11) is 0. The van der Waals surface area contributed by atoms with E-state index in [9.17, 15) is 15.3 Å². The Balaban J connectivity index is 1.91. The highest BCUT2D eigenvalue weighted by atomic mass is 16.3. The summed E-state index contributed by atoms with van der Waals surface area (Å²) >= 11 is 0. The maximum Gasteiger partial charge on any atom is 0.116 e. The number of hydrogen-bond donors (Lipinski definition) is 3. The summed E-state index contributed by atoms with van der Waals surface area (Å²) in [5, 5.41) is 32.3. The van der Waals surface area contributed by atoms with Crippen molar-refractivity contribution in [2.75, 3.05) is 0 Å². The molecule has 0 amide bonds. The van der Waals surface area contributed by atoms with Crippen molar-refractivity contribution < 1.29 is 15.3 Å². The first-order valence-electron chi connectivity index (χ1n) is 7.61. The Bertz CT molecular complexity index is 724. The van der Waals surface area contributed by atoms with Crippen LogP contribution in [0.15, 0.2) is 30.3 Å². The third-order valence-electron chi connectivity index (χ3n) is 5.75. The molecular formula is C18H20O3. The van der Waals surface area contributed by atoms with Crippen LogP contribution in [0.25, 0.3) is 10.8 Å². The molecule has 3 nitrogen and oxygen atoms in total. The first-order valence-corrected chi connectivity index (χ1v) is 7.61. The predicted octanol–water partition coefficient (Wildman–Crippen LogP) is 2.71. The maximum atomic E-state index is 10.3. The molecule has 1 saturated carbocycles. The molecule has 0 aliphatic heterocycles.